The summed E-state index contributed by atoms with van der Waals surface area (Å²) in [5.41, 5.74) is 0. The second kappa shape index (κ2) is 4.06. The molecule has 0 saturated carbocycles. The Hall–Kier alpha value is 1.14. The number of rotatable bonds is 0. The molecule has 0 radical (unpaired) electrons. The van der Waals surface area contributed by atoms with Crippen molar-refractivity contribution in [2.24, 2.45) is 0 Å². The molecule has 1 unspecified atom stereocenters. The zero-order valence-electron chi connectivity index (χ0n) is 4.26. The van der Waals surface area contributed by atoms with Gasteiger partial charge in [-0.2, -0.15) is 0 Å². The first-order valence-electron chi connectivity index (χ1n) is 1.83. The third-order valence-electron chi connectivity index (χ3n) is 0.650. The summed E-state index contributed by atoms with van der Waals surface area (Å²) < 4.78 is 4.56. The first kappa shape index (κ1) is 8.14. The number of hydrogen-bond donors (Lipinski definition) is 0. The van der Waals surface area contributed by atoms with Gasteiger partial charge in [-0.25, -0.2) is 0 Å². The van der Waals surface area contributed by atoms with E-state index >= 15 is 0 Å². The summed E-state index contributed by atoms with van der Waals surface area (Å²) in [7, 11) is 0. The standard InChI is InChI=1S/C4H5O2.K/c5-4-1-2-6-3-4;/h1-2,4H,3H2;/q-1;+1. The van der Waals surface area contributed by atoms with Gasteiger partial charge in [0.25, 0.3) is 0 Å². The molecule has 1 aliphatic heterocycles. The van der Waals surface area contributed by atoms with Gasteiger partial charge in [0, 0.05) is 0 Å². The van der Waals surface area contributed by atoms with Gasteiger partial charge in [-0.1, -0.05) is 12.2 Å². The SMILES string of the molecule is [K+].[O-]C1C=COC1. The molecule has 1 heterocycles. The molecule has 1 atom stereocenters. The molecule has 0 spiro atoms. The van der Waals surface area contributed by atoms with Crippen molar-refractivity contribution in [2.45, 2.75) is 6.10 Å². The Kier molecular flexibility index (Phi) is 4.72. The van der Waals surface area contributed by atoms with Crippen LogP contribution in [0.1, 0.15) is 0 Å². The van der Waals surface area contributed by atoms with Crippen molar-refractivity contribution < 1.29 is 61.2 Å². The van der Waals surface area contributed by atoms with E-state index in [-0.39, 0.29) is 51.4 Å². The average molecular weight is 124 g/mol. The van der Waals surface area contributed by atoms with Crippen LogP contribution in [-0.2, 0) is 4.74 Å². The zero-order chi connectivity index (χ0) is 4.41. The Morgan fingerprint density at radius 1 is 1.71 bits per heavy atom. The quantitative estimate of drug-likeness (QED) is 0.311. The van der Waals surface area contributed by atoms with Crippen LogP contribution >= 0.6 is 0 Å². The van der Waals surface area contributed by atoms with E-state index in [2.05, 4.69) is 4.74 Å². The molecule has 1 aliphatic rings. The van der Waals surface area contributed by atoms with Crippen LogP contribution < -0.4 is 56.5 Å². The van der Waals surface area contributed by atoms with E-state index < -0.39 is 6.10 Å². The van der Waals surface area contributed by atoms with Gasteiger partial charge in [0.15, 0.2) is 0 Å². The van der Waals surface area contributed by atoms with Crippen molar-refractivity contribution in [1.82, 2.24) is 0 Å². The van der Waals surface area contributed by atoms with Crippen molar-refractivity contribution in [1.29, 1.82) is 0 Å². The molecular formula is C4H5KO2. The maximum absolute atomic E-state index is 10.1. The molecule has 34 valence electrons. The van der Waals surface area contributed by atoms with Gasteiger partial charge in [-0.3, -0.25) is 0 Å². The normalized spacial score (nSPS) is 26.1. The third-order valence-corrected chi connectivity index (χ3v) is 0.650. The monoisotopic (exact) mass is 124 g/mol. The fraction of sp³-hybridized carbons (Fsp3) is 0.500. The van der Waals surface area contributed by atoms with Gasteiger partial charge in [0.1, 0.15) is 0 Å². The summed E-state index contributed by atoms with van der Waals surface area (Å²) >= 11 is 0. The Balaban J connectivity index is 0.000000360. The Bertz CT molecular complexity index is 72.1. The minimum Gasteiger partial charge on any atom is -0.846 e. The smallest absolute Gasteiger partial charge is 0.846 e. The van der Waals surface area contributed by atoms with Crippen molar-refractivity contribution in [3.8, 4) is 0 Å². The van der Waals surface area contributed by atoms with E-state index in [1.165, 1.54) is 12.3 Å². The maximum Gasteiger partial charge on any atom is 1.00 e. The Labute approximate surface area is 85.0 Å². The van der Waals surface area contributed by atoms with Crippen LogP contribution in [0.5, 0.6) is 0 Å². The minimum atomic E-state index is -0.606. The minimum absolute atomic E-state index is 0. The van der Waals surface area contributed by atoms with Crippen LogP contribution in [-0.4, -0.2) is 12.7 Å². The van der Waals surface area contributed by atoms with E-state index in [4.69, 9.17) is 0 Å². The molecule has 3 heteroatoms. The number of ether oxygens (including phenoxy) is 1. The Morgan fingerprint density at radius 3 is 2.57 bits per heavy atom. The molecule has 7 heavy (non-hydrogen) atoms. The van der Waals surface area contributed by atoms with Gasteiger partial charge < -0.3 is 9.84 Å². The molecule has 0 aromatic heterocycles. The average Bonchev–Trinajstić information content (AvgIpc) is 1.86. The van der Waals surface area contributed by atoms with Gasteiger partial charge in [0.2, 0.25) is 0 Å². The molecule has 0 N–H and O–H groups in total. The Morgan fingerprint density at radius 2 is 2.43 bits per heavy atom. The molecule has 0 aromatic carbocycles. The van der Waals surface area contributed by atoms with Gasteiger partial charge in [-0.15, -0.1) is 0 Å². The first-order valence-corrected chi connectivity index (χ1v) is 1.83. The summed E-state index contributed by atoms with van der Waals surface area (Å²) in [4.78, 5) is 0. The van der Waals surface area contributed by atoms with Crippen molar-refractivity contribution in [3.05, 3.63) is 12.3 Å². The molecule has 0 amide bonds. The van der Waals surface area contributed by atoms with Crippen LogP contribution in [0.25, 0.3) is 0 Å². The van der Waals surface area contributed by atoms with Gasteiger partial charge >= 0.3 is 51.4 Å². The van der Waals surface area contributed by atoms with Gasteiger partial charge in [0.05, 0.1) is 12.9 Å². The van der Waals surface area contributed by atoms with Crippen LogP contribution in [0.4, 0.5) is 0 Å². The van der Waals surface area contributed by atoms with Crippen molar-refractivity contribution in [2.75, 3.05) is 6.61 Å². The van der Waals surface area contributed by atoms with E-state index in [9.17, 15) is 5.11 Å². The summed E-state index contributed by atoms with van der Waals surface area (Å²) in [5.74, 6) is 0. The molecule has 0 saturated heterocycles. The maximum atomic E-state index is 10.1. The topological polar surface area (TPSA) is 32.3 Å². The summed E-state index contributed by atoms with van der Waals surface area (Å²) in [6.45, 7) is 0.319. The van der Waals surface area contributed by atoms with Crippen LogP contribution in [0.15, 0.2) is 12.3 Å². The van der Waals surface area contributed by atoms with Crippen molar-refractivity contribution in [3.63, 3.8) is 0 Å². The van der Waals surface area contributed by atoms with E-state index in [1.807, 2.05) is 0 Å². The second-order valence-electron chi connectivity index (χ2n) is 1.20. The predicted octanol–water partition coefficient (Wildman–Crippen LogP) is -3.74. The first-order chi connectivity index (χ1) is 2.89. The van der Waals surface area contributed by atoms with Crippen LogP contribution in [0, 0.1) is 0 Å². The molecule has 0 bridgehead atoms. The fourth-order valence-corrected chi connectivity index (χ4v) is 0.349. The largest absolute Gasteiger partial charge is 1.00 e. The van der Waals surface area contributed by atoms with Gasteiger partial charge in [-0.05, 0) is 0 Å². The number of hydrogen-bond acceptors (Lipinski definition) is 2. The van der Waals surface area contributed by atoms with E-state index in [0.29, 0.717) is 6.61 Å². The third kappa shape index (κ3) is 2.84. The van der Waals surface area contributed by atoms with E-state index in [0.717, 1.165) is 0 Å². The molecule has 1 rings (SSSR count). The summed E-state index contributed by atoms with van der Waals surface area (Å²) in [5, 5.41) is 10.1. The molecule has 0 aliphatic carbocycles. The van der Waals surface area contributed by atoms with Crippen LogP contribution in [0.2, 0.25) is 0 Å². The molecule has 0 fully saturated rings. The van der Waals surface area contributed by atoms with Crippen molar-refractivity contribution >= 4 is 0 Å². The summed E-state index contributed by atoms with van der Waals surface area (Å²) in [6, 6.07) is 0. The van der Waals surface area contributed by atoms with E-state index in [1.54, 1.807) is 0 Å². The van der Waals surface area contributed by atoms with Crippen LogP contribution in [0.3, 0.4) is 0 Å². The summed E-state index contributed by atoms with van der Waals surface area (Å²) in [6.07, 6.45) is 2.34. The molecule has 2 nitrogen and oxygen atoms in total. The second-order valence-corrected chi connectivity index (χ2v) is 1.20. The fourth-order valence-electron chi connectivity index (χ4n) is 0.349. The zero-order valence-corrected chi connectivity index (χ0v) is 7.38. The molecular weight excluding hydrogens is 119 g/mol. The predicted molar refractivity (Wildman–Crippen MR) is 18.9 cm³/mol. The molecule has 0 aromatic rings.